The number of thiazole rings is 1. The zero-order chi connectivity index (χ0) is 28.9. The number of rotatable bonds is 8. The van der Waals surface area contributed by atoms with E-state index >= 15 is 0 Å². The zero-order valence-corrected chi connectivity index (χ0v) is 23.6. The van der Waals surface area contributed by atoms with Gasteiger partial charge in [-0.3, -0.25) is 9.36 Å². The van der Waals surface area contributed by atoms with Crippen LogP contribution in [0.1, 0.15) is 46.9 Å². The van der Waals surface area contributed by atoms with E-state index in [0.717, 1.165) is 16.9 Å². The van der Waals surface area contributed by atoms with Gasteiger partial charge in [0.05, 0.1) is 41.1 Å². The summed E-state index contributed by atoms with van der Waals surface area (Å²) in [6.07, 6.45) is 1.80. The predicted octanol–water partition coefficient (Wildman–Crippen LogP) is 4.16. The molecule has 1 aliphatic rings. The molecule has 5 rings (SSSR count). The van der Waals surface area contributed by atoms with Gasteiger partial charge in [-0.2, -0.15) is 0 Å². The van der Waals surface area contributed by atoms with Gasteiger partial charge in [0.15, 0.2) is 4.80 Å². The highest BCUT2D eigenvalue weighted by Crippen LogP contribution is 2.31. The molecule has 0 spiro atoms. The number of allylic oxidation sites excluding steroid dienone is 1. The second kappa shape index (κ2) is 12.2. The standard InChI is InChI=1S/C32H28N2O6S/c1-4-39-25-16-10-21(11-17-25)18-26-29(35)34-28(23-12-14-24(15-13-23)30(36)38-3)27(20(2)33-32(34)41-26)31(37)40-19-22-8-6-5-7-9-22/h5-18,28H,4,19H2,1-3H3. The van der Waals surface area contributed by atoms with Crippen molar-refractivity contribution in [3.05, 3.63) is 132 Å². The smallest absolute Gasteiger partial charge is 0.338 e. The zero-order valence-electron chi connectivity index (χ0n) is 22.8. The first-order chi connectivity index (χ1) is 19.9. The van der Waals surface area contributed by atoms with Crippen LogP contribution in [0.25, 0.3) is 6.08 Å². The fourth-order valence-electron chi connectivity index (χ4n) is 4.60. The number of hydrogen-bond acceptors (Lipinski definition) is 8. The number of carbonyl (C=O) groups excluding carboxylic acids is 2. The molecule has 41 heavy (non-hydrogen) atoms. The normalized spacial score (nSPS) is 14.7. The third-order valence-corrected chi connectivity index (χ3v) is 7.57. The molecule has 1 atom stereocenters. The number of carbonyl (C=O) groups is 2. The van der Waals surface area contributed by atoms with Gasteiger partial charge in [0.25, 0.3) is 5.56 Å². The first-order valence-corrected chi connectivity index (χ1v) is 13.9. The van der Waals surface area contributed by atoms with Gasteiger partial charge in [-0.15, -0.1) is 0 Å². The maximum absolute atomic E-state index is 13.9. The van der Waals surface area contributed by atoms with Crippen molar-refractivity contribution in [1.82, 2.24) is 4.57 Å². The summed E-state index contributed by atoms with van der Waals surface area (Å²) in [7, 11) is 1.31. The van der Waals surface area contributed by atoms with E-state index in [1.165, 1.54) is 23.0 Å². The van der Waals surface area contributed by atoms with Crippen LogP contribution in [-0.4, -0.2) is 30.2 Å². The molecule has 4 aromatic rings. The Bertz CT molecular complexity index is 1790. The summed E-state index contributed by atoms with van der Waals surface area (Å²) in [6.45, 7) is 4.29. The van der Waals surface area contributed by atoms with E-state index in [4.69, 9.17) is 14.2 Å². The Labute approximate surface area is 240 Å². The number of ether oxygens (including phenoxy) is 3. The maximum atomic E-state index is 13.9. The molecule has 1 unspecified atom stereocenters. The van der Waals surface area contributed by atoms with Gasteiger partial charge >= 0.3 is 11.9 Å². The quantitative estimate of drug-likeness (QED) is 0.296. The predicted molar refractivity (Wildman–Crippen MR) is 155 cm³/mol. The van der Waals surface area contributed by atoms with Crippen molar-refractivity contribution in [1.29, 1.82) is 0 Å². The molecule has 0 amide bonds. The minimum atomic E-state index is -0.802. The molecular formula is C32H28N2O6S. The Morgan fingerprint density at radius 2 is 1.68 bits per heavy atom. The SMILES string of the molecule is CCOc1ccc(C=c2sc3n(c2=O)C(c2ccc(C(=O)OC)cc2)C(C(=O)OCc2ccccc2)=C(C)N=3)cc1. The van der Waals surface area contributed by atoms with Gasteiger partial charge in [0, 0.05) is 0 Å². The third kappa shape index (κ3) is 5.90. The Morgan fingerprint density at radius 3 is 2.34 bits per heavy atom. The van der Waals surface area contributed by atoms with Crippen LogP contribution in [0.4, 0.5) is 0 Å². The second-order valence-electron chi connectivity index (χ2n) is 9.26. The van der Waals surface area contributed by atoms with Crippen LogP contribution in [-0.2, 0) is 20.9 Å². The van der Waals surface area contributed by atoms with Crippen LogP contribution in [0.5, 0.6) is 5.75 Å². The van der Waals surface area contributed by atoms with E-state index in [-0.39, 0.29) is 17.7 Å². The van der Waals surface area contributed by atoms with E-state index < -0.39 is 18.0 Å². The number of esters is 2. The number of fused-ring (bicyclic) bond motifs is 1. The maximum Gasteiger partial charge on any atom is 0.338 e. The highest BCUT2D eigenvalue weighted by Gasteiger charge is 2.33. The lowest BCUT2D eigenvalue weighted by atomic mass is 9.95. The van der Waals surface area contributed by atoms with Gasteiger partial charge in [-0.1, -0.05) is 65.9 Å². The summed E-state index contributed by atoms with van der Waals surface area (Å²) in [5.74, 6) is -0.307. The Hall–Kier alpha value is -4.76. The van der Waals surface area contributed by atoms with Crippen molar-refractivity contribution in [2.24, 2.45) is 4.99 Å². The van der Waals surface area contributed by atoms with Gasteiger partial charge < -0.3 is 14.2 Å². The number of nitrogens with zero attached hydrogens (tertiary/aromatic N) is 2. The van der Waals surface area contributed by atoms with Crippen molar-refractivity contribution in [2.45, 2.75) is 26.5 Å². The van der Waals surface area contributed by atoms with E-state index in [1.807, 2.05) is 61.5 Å². The summed E-state index contributed by atoms with van der Waals surface area (Å²) in [4.78, 5) is 44.6. The molecule has 8 nitrogen and oxygen atoms in total. The molecular weight excluding hydrogens is 540 g/mol. The molecule has 9 heteroatoms. The molecule has 0 fully saturated rings. The lowest BCUT2D eigenvalue weighted by Crippen LogP contribution is -2.39. The van der Waals surface area contributed by atoms with E-state index in [1.54, 1.807) is 37.3 Å². The first-order valence-electron chi connectivity index (χ1n) is 13.0. The molecule has 0 aliphatic carbocycles. The summed E-state index contributed by atoms with van der Waals surface area (Å²) < 4.78 is 18.0. The van der Waals surface area contributed by atoms with Crippen molar-refractivity contribution in [3.8, 4) is 5.75 Å². The van der Waals surface area contributed by atoms with E-state index in [0.29, 0.717) is 32.8 Å². The summed E-state index contributed by atoms with van der Waals surface area (Å²) in [6, 6.07) is 22.7. The van der Waals surface area contributed by atoms with Gasteiger partial charge in [0.1, 0.15) is 12.4 Å². The summed E-state index contributed by atoms with van der Waals surface area (Å²) in [5.41, 5.74) is 3.08. The van der Waals surface area contributed by atoms with E-state index in [2.05, 4.69) is 4.99 Å². The molecule has 2 heterocycles. The molecule has 1 aliphatic heterocycles. The Morgan fingerprint density at radius 1 is 0.976 bits per heavy atom. The lowest BCUT2D eigenvalue weighted by molar-refractivity contribution is -0.140. The largest absolute Gasteiger partial charge is 0.494 e. The third-order valence-electron chi connectivity index (χ3n) is 6.59. The average Bonchev–Trinajstić information content (AvgIpc) is 3.30. The van der Waals surface area contributed by atoms with Crippen molar-refractivity contribution < 1.29 is 23.8 Å². The van der Waals surface area contributed by atoms with E-state index in [9.17, 15) is 14.4 Å². The van der Waals surface area contributed by atoms with Crippen LogP contribution < -0.4 is 19.6 Å². The monoisotopic (exact) mass is 568 g/mol. The Kier molecular flexibility index (Phi) is 8.26. The fraction of sp³-hybridized carbons (Fsp3) is 0.188. The highest BCUT2D eigenvalue weighted by molar-refractivity contribution is 7.07. The summed E-state index contributed by atoms with van der Waals surface area (Å²) >= 11 is 1.25. The van der Waals surface area contributed by atoms with Crippen molar-refractivity contribution in [2.75, 3.05) is 13.7 Å². The second-order valence-corrected chi connectivity index (χ2v) is 10.3. The van der Waals surface area contributed by atoms with Crippen LogP contribution in [0.2, 0.25) is 0 Å². The number of methoxy groups -OCH3 is 1. The minimum Gasteiger partial charge on any atom is -0.494 e. The molecule has 0 saturated heterocycles. The Balaban J connectivity index is 1.59. The lowest BCUT2D eigenvalue weighted by Gasteiger charge is -2.25. The van der Waals surface area contributed by atoms with Crippen LogP contribution in [0.15, 0.2) is 99.9 Å². The fourth-order valence-corrected chi connectivity index (χ4v) is 5.64. The van der Waals surface area contributed by atoms with Crippen LogP contribution in [0.3, 0.4) is 0 Å². The molecule has 0 N–H and O–H groups in total. The first kappa shape index (κ1) is 27.8. The van der Waals surface area contributed by atoms with Crippen molar-refractivity contribution in [3.63, 3.8) is 0 Å². The minimum absolute atomic E-state index is 0.0760. The molecule has 1 aromatic heterocycles. The number of hydrogen-bond donors (Lipinski definition) is 0. The van der Waals surface area contributed by atoms with Gasteiger partial charge in [-0.05, 0) is 60.9 Å². The molecule has 0 saturated carbocycles. The number of benzene rings is 3. The molecule has 0 bridgehead atoms. The average molecular weight is 569 g/mol. The topological polar surface area (TPSA) is 96.2 Å². The summed E-state index contributed by atoms with van der Waals surface area (Å²) in [5, 5.41) is 0. The van der Waals surface area contributed by atoms with Crippen molar-refractivity contribution >= 4 is 29.4 Å². The highest BCUT2D eigenvalue weighted by atomic mass is 32.1. The van der Waals surface area contributed by atoms with Crippen LogP contribution in [0, 0.1) is 0 Å². The van der Waals surface area contributed by atoms with Gasteiger partial charge in [0.2, 0.25) is 0 Å². The van der Waals surface area contributed by atoms with Gasteiger partial charge in [-0.25, -0.2) is 14.6 Å². The van der Waals surface area contributed by atoms with Crippen LogP contribution >= 0.6 is 11.3 Å². The molecule has 3 aromatic carbocycles. The molecule has 0 radical (unpaired) electrons. The molecule has 208 valence electrons. The number of aromatic nitrogens is 1.